The Morgan fingerprint density at radius 2 is 2.05 bits per heavy atom. The first-order valence-corrected chi connectivity index (χ1v) is 6.60. The standard InChI is InChI=1S/C16H13FN2O/c17-10-5-6-13(18)12(8-10)16-19-15-11-4-2-1-3-9(11)7-14(15)20-16/h1-6,8,14-15H,7,18H2/t14-,15+/m0/s1. The maximum absolute atomic E-state index is 13.4. The lowest BCUT2D eigenvalue weighted by molar-refractivity contribution is 0.206. The molecule has 4 rings (SSSR count). The molecule has 3 nitrogen and oxygen atoms in total. The van der Waals surface area contributed by atoms with Gasteiger partial charge in [-0.3, -0.25) is 0 Å². The predicted molar refractivity (Wildman–Crippen MR) is 75.1 cm³/mol. The third kappa shape index (κ3) is 1.61. The van der Waals surface area contributed by atoms with Gasteiger partial charge in [-0.2, -0.15) is 0 Å². The van der Waals surface area contributed by atoms with Crippen molar-refractivity contribution in [1.82, 2.24) is 0 Å². The Kier molecular flexibility index (Phi) is 2.33. The Bertz CT molecular complexity index is 726. The van der Waals surface area contributed by atoms with Gasteiger partial charge < -0.3 is 10.5 Å². The fraction of sp³-hybridized carbons (Fsp3) is 0.188. The van der Waals surface area contributed by atoms with E-state index in [-0.39, 0.29) is 18.0 Å². The molecule has 0 amide bonds. The molecule has 20 heavy (non-hydrogen) atoms. The highest BCUT2D eigenvalue weighted by atomic mass is 19.1. The van der Waals surface area contributed by atoms with Gasteiger partial charge in [0.05, 0.1) is 5.56 Å². The number of hydrogen-bond acceptors (Lipinski definition) is 3. The number of benzene rings is 2. The van der Waals surface area contributed by atoms with Gasteiger partial charge in [0, 0.05) is 12.1 Å². The van der Waals surface area contributed by atoms with Crippen LogP contribution in [-0.2, 0) is 11.2 Å². The fourth-order valence-corrected chi connectivity index (χ4v) is 2.94. The summed E-state index contributed by atoms with van der Waals surface area (Å²) in [6, 6.07) is 12.5. The Morgan fingerprint density at radius 3 is 2.95 bits per heavy atom. The van der Waals surface area contributed by atoms with Crippen molar-refractivity contribution in [1.29, 1.82) is 0 Å². The van der Waals surface area contributed by atoms with Crippen molar-refractivity contribution in [3.05, 3.63) is 65.0 Å². The number of nitrogens with zero attached hydrogens (tertiary/aromatic N) is 1. The molecule has 0 saturated heterocycles. The van der Waals surface area contributed by atoms with Gasteiger partial charge in [0.25, 0.3) is 0 Å². The number of fused-ring (bicyclic) bond motifs is 3. The molecular formula is C16H13FN2O. The first-order chi connectivity index (χ1) is 9.72. The van der Waals surface area contributed by atoms with Gasteiger partial charge in [-0.25, -0.2) is 9.38 Å². The van der Waals surface area contributed by atoms with Crippen molar-refractivity contribution in [2.45, 2.75) is 18.6 Å². The first-order valence-electron chi connectivity index (χ1n) is 6.60. The topological polar surface area (TPSA) is 47.6 Å². The van der Waals surface area contributed by atoms with Crippen molar-refractivity contribution in [2.75, 3.05) is 5.73 Å². The first kappa shape index (κ1) is 11.5. The SMILES string of the molecule is Nc1ccc(F)cc1C1=N[C@@H]2c3ccccc3C[C@@H]2O1. The molecule has 4 heteroatoms. The van der Waals surface area contributed by atoms with Crippen molar-refractivity contribution in [3.8, 4) is 0 Å². The molecule has 2 atom stereocenters. The molecule has 0 bridgehead atoms. The summed E-state index contributed by atoms with van der Waals surface area (Å²) in [7, 11) is 0. The lowest BCUT2D eigenvalue weighted by atomic mass is 10.1. The van der Waals surface area contributed by atoms with E-state index in [1.54, 1.807) is 6.07 Å². The Balaban J connectivity index is 1.76. The number of rotatable bonds is 1. The minimum absolute atomic E-state index is 0.00358. The molecule has 1 heterocycles. The van der Waals surface area contributed by atoms with Crippen molar-refractivity contribution in [2.24, 2.45) is 4.99 Å². The van der Waals surface area contributed by atoms with Crippen LogP contribution in [0, 0.1) is 5.82 Å². The Labute approximate surface area is 115 Å². The zero-order valence-electron chi connectivity index (χ0n) is 10.7. The second kappa shape index (κ2) is 4.07. The van der Waals surface area contributed by atoms with Gasteiger partial charge in [-0.15, -0.1) is 0 Å². The van der Waals surface area contributed by atoms with E-state index in [4.69, 9.17) is 10.5 Å². The highest BCUT2D eigenvalue weighted by Crippen LogP contribution is 2.41. The molecule has 0 radical (unpaired) electrons. The summed E-state index contributed by atoms with van der Waals surface area (Å²) in [5.41, 5.74) is 9.38. The molecule has 2 aromatic carbocycles. The Morgan fingerprint density at radius 1 is 1.20 bits per heavy atom. The molecule has 0 spiro atoms. The average molecular weight is 268 g/mol. The van der Waals surface area contributed by atoms with Crippen LogP contribution in [-0.4, -0.2) is 12.0 Å². The van der Waals surface area contributed by atoms with Crippen LogP contribution in [0.3, 0.4) is 0 Å². The smallest absolute Gasteiger partial charge is 0.219 e. The lowest BCUT2D eigenvalue weighted by Gasteiger charge is -2.10. The van der Waals surface area contributed by atoms with E-state index in [9.17, 15) is 4.39 Å². The fourth-order valence-electron chi connectivity index (χ4n) is 2.94. The van der Waals surface area contributed by atoms with Gasteiger partial charge >= 0.3 is 0 Å². The molecule has 0 aromatic heterocycles. The van der Waals surface area contributed by atoms with E-state index in [2.05, 4.69) is 17.1 Å². The van der Waals surface area contributed by atoms with Crippen LogP contribution >= 0.6 is 0 Å². The zero-order valence-corrected chi connectivity index (χ0v) is 10.7. The van der Waals surface area contributed by atoms with Crippen LogP contribution < -0.4 is 5.73 Å². The highest BCUT2D eigenvalue weighted by Gasteiger charge is 2.39. The second-order valence-electron chi connectivity index (χ2n) is 5.17. The monoisotopic (exact) mass is 268 g/mol. The lowest BCUT2D eigenvalue weighted by Crippen LogP contribution is -2.14. The summed E-state index contributed by atoms with van der Waals surface area (Å²) in [6.45, 7) is 0. The van der Waals surface area contributed by atoms with Crippen LogP contribution in [0.5, 0.6) is 0 Å². The summed E-state index contributed by atoms with van der Waals surface area (Å²) in [5, 5.41) is 0. The number of hydrogen-bond donors (Lipinski definition) is 1. The number of halogens is 1. The van der Waals surface area contributed by atoms with Crippen LogP contribution in [0.1, 0.15) is 22.7 Å². The van der Waals surface area contributed by atoms with Gasteiger partial charge in [-0.05, 0) is 29.3 Å². The van der Waals surface area contributed by atoms with Gasteiger partial charge in [0.15, 0.2) is 0 Å². The van der Waals surface area contributed by atoms with E-state index < -0.39 is 0 Å². The number of nitrogens with two attached hydrogens (primary N) is 1. The minimum Gasteiger partial charge on any atom is -0.471 e. The van der Waals surface area contributed by atoms with E-state index in [0.717, 1.165) is 6.42 Å². The molecule has 0 fully saturated rings. The molecule has 2 aromatic rings. The number of ether oxygens (including phenoxy) is 1. The average Bonchev–Trinajstić information content (AvgIpc) is 2.99. The Hall–Kier alpha value is -2.36. The third-order valence-electron chi connectivity index (χ3n) is 3.91. The molecule has 2 N–H and O–H groups in total. The molecule has 0 unspecified atom stereocenters. The summed E-state index contributed by atoms with van der Waals surface area (Å²) < 4.78 is 19.3. The summed E-state index contributed by atoms with van der Waals surface area (Å²) >= 11 is 0. The maximum atomic E-state index is 13.4. The number of nitrogen functional groups attached to an aromatic ring is 1. The van der Waals surface area contributed by atoms with Crippen molar-refractivity contribution >= 4 is 11.6 Å². The number of aliphatic imine (C=N–C) groups is 1. The van der Waals surface area contributed by atoms with Crippen LogP contribution in [0.15, 0.2) is 47.5 Å². The van der Waals surface area contributed by atoms with Crippen LogP contribution in [0.4, 0.5) is 10.1 Å². The molecule has 0 saturated carbocycles. The van der Waals surface area contributed by atoms with E-state index in [1.165, 1.54) is 23.3 Å². The van der Waals surface area contributed by atoms with E-state index >= 15 is 0 Å². The van der Waals surface area contributed by atoms with Crippen molar-refractivity contribution in [3.63, 3.8) is 0 Å². The summed E-state index contributed by atoms with van der Waals surface area (Å²) in [4.78, 5) is 4.61. The van der Waals surface area contributed by atoms with Crippen molar-refractivity contribution < 1.29 is 9.13 Å². The minimum atomic E-state index is -0.335. The molecule has 100 valence electrons. The largest absolute Gasteiger partial charge is 0.471 e. The highest BCUT2D eigenvalue weighted by molar-refractivity contribution is 6.00. The van der Waals surface area contributed by atoms with Crippen LogP contribution in [0.25, 0.3) is 0 Å². The van der Waals surface area contributed by atoms with Crippen LogP contribution in [0.2, 0.25) is 0 Å². The molecule has 1 aliphatic heterocycles. The molecule has 2 aliphatic rings. The van der Waals surface area contributed by atoms with E-state index in [1.807, 2.05) is 12.1 Å². The maximum Gasteiger partial charge on any atom is 0.219 e. The van der Waals surface area contributed by atoms with Gasteiger partial charge in [0.1, 0.15) is 18.0 Å². The molecular weight excluding hydrogens is 255 g/mol. The van der Waals surface area contributed by atoms with E-state index in [0.29, 0.717) is 17.1 Å². The normalized spacial score (nSPS) is 22.9. The van der Waals surface area contributed by atoms with Gasteiger partial charge in [-0.1, -0.05) is 24.3 Å². The number of anilines is 1. The summed E-state index contributed by atoms with van der Waals surface area (Å²) in [6.07, 6.45) is 0.841. The third-order valence-corrected chi connectivity index (χ3v) is 3.91. The second-order valence-corrected chi connectivity index (χ2v) is 5.17. The predicted octanol–water partition coefficient (Wildman–Crippen LogP) is 2.85. The molecule has 1 aliphatic carbocycles. The zero-order chi connectivity index (χ0) is 13.7. The summed E-state index contributed by atoms with van der Waals surface area (Å²) in [5.74, 6) is 0.115. The van der Waals surface area contributed by atoms with Gasteiger partial charge in [0.2, 0.25) is 5.90 Å². The quantitative estimate of drug-likeness (QED) is 0.808.